The van der Waals surface area contributed by atoms with Gasteiger partial charge in [-0.15, -0.1) is 0 Å². The lowest BCUT2D eigenvalue weighted by Crippen LogP contribution is -2.41. The maximum atomic E-state index is 10.1. The monoisotopic (exact) mass is 357 g/mol. The highest BCUT2D eigenvalue weighted by Crippen LogP contribution is 2.58. The second-order valence-corrected chi connectivity index (χ2v) is 7.48. The molecule has 1 aromatic carbocycles. The van der Waals surface area contributed by atoms with E-state index in [1.54, 1.807) is 12.1 Å². The van der Waals surface area contributed by atoms with E-state index in [0.29, 0.717) is 16.3 Å². The van der Waals surface area contributed by atoms with Crippen molar-refractivity contribution in [2.45, 2.75) is 30.6 Å². The number of rotatable bonds is 1. The first-order valence-electron chi connectivity index (χ1n) is 8.45. The van der Waals surface area contributed by atoms with Gasteiger partial charge in [0.1, 0.15) is 5.00 Å². The molecule has 0 amide bonds. The molecule has 0 spiro atoms. The van der Waals surface area contributed by atoms with Crippen molar-refractivity contribution >= 4 is 22.1 Å². The molecule has 4 rings (SSSR count). The van der Waals surface area contributed by atoms with E-state index in [-0.39, 0.29) is 5.92 Å². The van der Waals surface area contributed by atoms with Gasteiger partial charge in [0, 0.05) is 11.5 Å². The molecule has 126 valence electrons. The van der Waals surface area contributed by atoms with Crippen LogP contribution in [0.15, 0.2) is 30.3 Å². The predicted molar refractivity (Wildman–Crippen MR) is 98.6 cm³/mol. The predicted octanol–water partition coefficient (Wildman–Crippen LogP) is 3.86. The van der Waals surface area contributed by atoms with Crippen molar-refractivity contribution < 1.29 is 0 Å². The summed E-state index contributed by atoms with van der Waals surface area (Å²) >= 11 is 1.14. The summed E-state index contributed by atoms with van der Waals surface area (Å²) in [4.78, 5) is 0. The van der Waals surface area contributed by atoms with Crippen LogP contribution in [0.2, 0.25) is 0 Å². The van der Waals surface area contributed by atoms with E-state index in [0.717, 1.165) is 47.5 Å². The molecule has 2 N–H and O–H groups in total. The van der Waals surface area contributed by atoms with E-state index < -0.39 is 11.3 Å². The topological polar surface area (TPSA) is 110 Å². The molecule has 0 unspecified atom stereocenters. The minimum absolute atomic E-state index is 0.0243. The Kier molecular flexibility index (Phi) is 3.76. The van der Waals surface area contributed by atoms with Crippen molar-refractivity contribution in [3.63, 3.8) is 0 Å². The standard InChI is InChI=1S/C20H15N5S/c21-9-12-5-1-2-6-13(12)17-15-8-4-3-7-14(15)16-18(25-26-19(16)24)20(17,10-22)11-23/h1-2,5-7,15,17H,3-4,8,24H2/t15-,17+/m1/s1. The normalized spacial score (nSPS) is 22.7. The number of allylic oxidation sites excluding steroid dienone is 2. The maximum Gasteiger partial charge on any atom is 0.194 e. The molecule has 2 aliphatic rings. The zero-order valence-electron chi connectivity index (χ0n) is 13.9. The molecule has 2 atom stereocenters. The maximum absolute atomic E-state index is 10.1. The summed E-state index contributed by atoms with van der Waals surface area (Å²) in [6.45, 7) is 0. The minimum atomic E-state index is -1.45. The van der Waals surface area contributed by atoms with Gasteiger partial charge in [-0.3, -0.25) is 0 Å². The number of nitrogens with zero attached hydrogens (tertiary/aromatic N) is 4. The van der Waals surface area contributed by atoms with Crippen LogP contribution >= 0.6 is 11.5 Å². The van der Waals surface area contributed by atoms with E-state index in [1.165, 1.54) is 0 Å². The molecule has 2 aromatic rings. The number of hydrogen-bond donors (Lipinski definition) is 1. The lowest BCUT2D eigenvalue weighted by Gasteiger charge is -2.43. The minimum Gasteiger partial charge on any atom is -0.389 e. The van der Waals surface area contributed by atoms with E-state index >= 15 is 0 Å². The quantitative estimate of drug-likeness (QED) is 0.833. The van der Waals surface area contributed by atoms with Gasteiger partial charge in [0.15, 0.2) is 5.41 Å². The van der Waals surface area contributed by atoms with Crippen molar-refractivity contribution in [2.24, 2.45) is 5.92 Å². The van der Waals surface area contributed by atoms with Crippen molar-refractivity contribution in [3.8, 4) is 18.2 Å². The van der Waals surface area contributed by atoms with Crippen molar-refractivity contribution in [3.05, 3.63) is 52.7 Å². The van der Waals surface area contributed by atoms with Gasteiger partial charge in [0.05, 0.1) is 29.5 Å². The van der Waals surface area contributed by atoms with Gasteiger partial charge in [-0.2, -0.15) is 20.2 Å². The summed E-state index contributed by atoms with van der Waals surface area (Å²) < 4.78 is 4.42. The van der Waals surface area contributed by atoms with Gasteiger partial charge in [-0.25, -0.2) is 0 Å². The number of nitrogen functional groups attached to an aromatic ring is 1. The van der Waals surface area contributed by atoms with Crippen LogP contribution in [-0.2, 0) is 5.41 Å². The van der Waals surface area contributed by atoms with Crippen LogP contribution in [0.25, 0.3) is 5.57 Å². The Morgan fingerprint density at radius 1 is 1.19 bits per heavy atom. The SMILES string of the molecule is N#Cc1ccccc1[C@H]1[C@@H]2CCCC=C2c2c(nsc2N)C1(C#N)C#N. The third kappa shape index (κ3) is 2.02. The van der Waals surface area contributed by atoms with Gasteiger partial charge in [-0.1, -0.05) is 24.3 Å². The number of benzene rings is 1. The Labute approximate surface area is 155 Å². The molecular formula is C20H15N5S. The molecular weight excluding hydrogens is 342 g/mol. The lowest BCUT2D eigenvalue weighted by molar-refractivity contribution is 0.373. The third-order valence-corrected chi connectivity index (χ3v) is 6.18. The van der Waals surface area contributed by atoms with Gasteiger partial charge in [-0.05, 0) is 53.9 Å². The molecule has 2 aliphatic carbocycles. The Morgan fingerprint density at radius 3 is 2.69 bits per heavy atom. The fourth-order valence-corrected chi connectivity index (χ4v) is 5.16. The molecule has 0 saturated carbocycles. The van der Waals surface area contributed by atoms with E-state index in [2.05, 4.69) is 28.7 Å². The van der Waals surface area contributed by atoms with Crippen LogP contribution in [-0.4, -0.2) is 4.37 Å². The second-order valence-electron chi connectivity index (χ2n) is 6.68. The van der Waals surface area contributed by atoms with Crippen molar-refractivity contribution in [1.82, 2.24) is 4.37 Å². The second kappa shape index (κ2) is 5.99. The first kappa shape index (κ1) is 16.3. The number of nitrogens with two attached hydrogens (primary N) is 1. The van der Waals surface area contributed by atoms with Crippen LogP contribution in [0.3, 0.4) is 0 Å². The molecule has 0 saturated heterocycles. The molecule has 1 aromatic heterocycles. The summed E-state index contributed by atoms with van der Waals surface area (Å²) in [6, 6.07) is 14.0. The number of hydrogen-bond acceptors (Lipinski definition) is 6. The highest BCUT2D eigenvalue weighted by Gasteiger charge is 2.55. The Bertz CT molecular complexity index is 1030. The average Bonchev–Trinajstić information content (AvgIpc) is 3.09. The molecule has 5 nitrogen and oxygen atoms in total. The van der Waals surface area contributed by atoms with Crippen LogP contribution in [0.1, 0.15) is 47.6 Å². The Morgan fingerprint density at radius 2 is 1.96 bits per heavy atom. The zero-order chi connectivity index (χ0) is 18.3. The Hall–Kier alpha value is -3.14. The van der Waals surface area contributed by atoms with Gasteiger partial charge < -0.3 is 5.73 Å². The fraction of sp³-hybridized carbons (Fsp3) is 0.300. The summed E-state index contributed by atoms with van der Waals surface area (Å²) in [5, 5.41) is 30.4. The third-order valence-electron chi connectivity index (χ3n) is 5.50. The van der Waals surface area contributed by atoms with E-state index in [4.69, 9.17) is 5.73 Å². The number of fused-ring (bicyclic) bond motifs is 3. The molecule has 0 bridgehead atoms. The summed E-state index contributed by atoms with van der Waals surface area (Å²) in [5.74, 6) is -0.461. The zero-order valence-corrected chi connectivity index (χ0v) is 14.8. The first-order valence-corrected chi connectivity index (χ1v) is 9.23. The number of anilines is 1. The highest BCUT2D eigenvalue weighted by molar-refractivity contribution is 7.10. The van der Waals surface area contributed by atoms with Crippen LogP contribution in [0.4, 0.5) is 5.00 Å². The molecule has 0 aliphatic heterocycles. The van der Waals surface area contributed by atoms with Crippen LogP contribution in [0.5, 0.6) is 0 Å². The molecule has 1 heterocycles. The smallest absolute Gasteiger partial charge is 0.194 e. The van der Waals surface area contributed by atoms with Crippen LogP contribution in [0, 0.1) is 39.9 Å². The fourth-order valence-electron chi connectivity index (χ4n) is 4.43. The van der Waals surface area contributed by atoms with E-state index in [9.17, 15) is 15.8 Å². The molecule has 6 heteroatoms. The Balaban J connectivity index is 2.09. The highest BCUT2D eigenvalue weighted by atomic mass is 32.1. The summed E-state index contributed by atoms with van der Waals surface area (Å²) in [7, 11) is 0. The molecule has 0 radical (unpaired) electrons. The summed E-state index contributed by atoms with van der Waals surface area (Å²) in [5.41, 5.74) is 8.28. The average molecular weight is 357 g/mol. The van der Waals surface area contributed by atoms with Gasteiger partial charge in [0.2, 0.25) is 0 Å². The lowest BCUT2D eigenvalue weighted by atomic mass is 9.56. The van der Waals surface area contributed by atoms with Gasteiger partial charge in [0.25, 0.3) is 0 Å². The summed E-state index contributed by atoms with van der Waals surface area (Å²) in [6.07, 6.45) is 4.95. The van der Waals surface area contributed by atoms with Gasteiger partial charge >= 0.3 is 0 Å². The largest absolute Gasteiger partial charge is 0.389 e. The van der Waals surface area contributed by atoms with E-state index in [1.807, 2.05) is 12.1 Å². The van der Waals surface area contributed by atoms with Crippen LogP contribution < -0.4 is 5.73 Å². The number of nitriles is 3. The first-order chi connectivity index (χ1) is 12.7. The molecule has 0 fully saturated rings. The van der Waals surface area contributed by atoms with Crippen molar-refractivity contribution in [1.29, 1.82) is 15.8 Å². The number of aromatic nitrogens is 1. The van der Waals surface area contributed by atoms with Crippen molar-refractivity contribution in [2.75, 3.05) is 5.73 Å². The molecule has 26 heavy (non-hydrogen) atoms.